The summed E-state index contributed by atoms with van der Waals surface area (Å²) in [6.07, 6.45) is 0. The second kappa shape index (κ2) is 7.37. The number of para-hydroxylation sites is 1. The van der Waals surface area contributed by atoms with Crippen molar-refractivity contribution < 1.29 is 9.53 Å². The van der Waals surface area contributed by atoms with Crippen LogP contribution in [0.2, 0.25) is 5.02 Å². The maximum absolute atomic E-state index is 12.0. The summed E-state index contributed by atoms with van der Waals surface area (Å²) in [7, 11) is 0. The molecule has 23 heavy (non-hydrogen) atoms. The molecule has 122 valence electrons. The molecule has 0 unspecified atom stereocenters. The van der Waals surface area contributed by atoms with Crippen LogP contribution in [0.5, 0.6) is 5.75 Å². The minimum atomic E-state index is -0.259. The van der Waals surface area contributed by atoms with E-state index in [4.69, 9.17) is 16.3 Å². The Labute approximate surface area is 150 Å². The van der Waals surface area contributed by atoms with Gasteiger partial charge in [0, 0.05) is 0 Å². The molecule has 0 heterocycles. The molecule has 0 saturated heterocycles. The van der Waals surface area contributed by atoms with Crippen LogP contribution in [0.4, 0.5) is 5.69 Å². The van der Waals surface area contributed by atoms with E-state index in [2.05, 4.69) is 42.0 Å². The summed E-state index contributed by atoms with van der Waals surface area (Å²) in [6.45, 7) is 6.35. The number of halogens is 2. The average Bonchev–Trinajstić information content (AvgIpc) is 2.47. The van der Waals surface area contributed by atoms with E-state index in [0.29, 0.717) is 16.5 Å². The quantitative estimate of drug-likeness (QED) is 0.749. The van der Waals surface area contributed by atoms with Crippen LogP contribution >= 0.6 is 27.5 Å². The van der Waals surface area contributed by atoms with Gasteiger partial charge in [-0.15, -0.1) is 0 Å². The van der Waals surface area contributed by atoms with E-state index < -0.39 is 0 Å². The van der Waals surface area contributed by atoms with Crippen LogP contribution < -0.4 is 10.1 Å². The number of nitrogens with one attached hydrogen (secondary N) is 1. The Balaban J connectivity index is 1.98. The van der Waals surface area contributed by atoms with Crippen molar-refractivity contribution in [1.29, 1.82) is 0 Å². The molecule has 0 spiro atoms. The van der Waals surface area contributed by atoms with Crippen molar-refractivity contribution in [3.8, 4) is 5.75 Å². The summed E-state index contributed by atoms with van der Waals surface area (Å²) in [5, 5.41) is 3.22. The molecule has 0 atom stereocenters. The van der Waals surface area contributed by atoms with Crippen molar-refractivity contribution >= 4 is 39.1 Å². The minimum Gasteiger partial charge on any atom is -0.483 e. The zero-order valence-corrected chi connectivity index (χ0v) is 15.7. The number of amides is 1. The Kier molecular flexibility index (Phi) is 5.71. The van der Waals surface area contributed by atoms with Gasteiger partial charge in [0.15, 0.2) is 6.61 Å². The van der Waals surface area contributed by atoms with Gasteiger partial charge in [0.25, 0.3) is 5.91 Å². The topological polar surface area (TPSA) is 38.3 Å². The number of carbonyl (C=O) groups is 1. The summed E-state index contributed by atoms with van der Waals surface area (Å²) in [5.74, 6) is 0.372. The van der Waals surface area contributed by atoms with Crippen molar-refractivity contribution in [3.63, 3.8) is 0 Å². The third-order valence-corrected chi connectivity index (χ3v) is 4.25. The van der Waals surface area contributed by atoms with Gasteiger partial charge >= 0.3 is 0 Å². The number of hydrogen-bond donors (Lipinski definition) is 1. The smallest absolute Gasteiger partial charge is 0.262 e. The fourth-order valence-electron chi connectivity index (χ4n) is 1.98. The molecule has 1 amide bonds. The molecule has 0 bridgehead atoms. The number of rotatable bonds is 4. The Hall–Kier alpha value is -1.52. The Morgan fingerprint density at radius 3 is 2.52 bits per heavy atom. The van der Waals surface area contributed by atoms with Gasteiger partial charge in [-0.3, -0.25) is 4.79 Å². The van der Waals surface area contributed by atoms with Gasteiger partial charge in [-0.25, -0.2) is 0 Å². The van der Waals surface area contributed by atoms with Gasteiger partial charge in [0.1, 0.15) is 5.75 Å². The second-order valence-corrected chi connectivity index (χ2v) is 7.47. The van der Waals surface area contributed by atoms with E-state index in [-0.39, 0.29) is 17.9 Å². The predicted octanol–water partition coefficient (Wildman–Crippen LogP) is 5.42. The van der Waals surface area contributed by atoms with Crippen LogP contribution in [0.3, 0.4) is 0 Å². The van der Waals surface area contributed by atoms with Crippen LogP contribution in [-0.4, -0.2) is 12.5 Å². The molecule has 0 fully saturated rings. The minimum absolute atomic E-state index is 0.0580. The van der Waals surface area contributed by atoms with Gasteiger partial charge in [0.2, 0.25) is 0 Å². The van der Waals surface area contributed by atoms with Gasteiger partial charge in [-0.2, -0.15) is 0 Å². The van der Waals surface area contributed by atoms with Gasteiger partial charge in [-0.1, -0.05) is 50.6 Å². The highest BCUT2D eigenvalue weighted by molar-refractivity contribution is 9.10. The highest BCUT2D eigenvalue weighted by Gasteiger charge is 2.15. The molecule has 0 aromatic heterocycles. The maximum atomic E-state index is 12.0. The lowest BCUT2D eigenvalue weighted by Gasteiger charge is -2.20. The van der Waals surface area contributed by atoms with Gasteiger partial charge in [-0.05, 0) is 51.2 Å². The SMILES string of the molecule is CC(C)(C)c1ccc(OCC(=O)Nc2ccccc2Cl)c(Br)c1. The summed E-state index contributed by atoms with van der Waals surface area (Å²) < 4.78 is 6.41. The molecule has 0 aliphatic carbocycles. The van der Waals surface area contributed by atoms with Crippen molar-refractivity contribution in [2.45, 2.75) is 26.2 Å². The Morgan fingerprint density at radius 1 is 1.22 bits per heavy atom. The summed E-state index contributed by atoms with van der Waals surface area (Å²) >= 11 is 9.50. The second-order valence-electron chi connectivity index (χ2n) is 6.21. The van der Waals surface area contributed by atoms with Crippen LogP contribution in [0.15, 0.2) is 46.9 Å². The molecular formula is C18H19BrClNO2. The zero-order chi connectivity index (χ0) is 17.0. The zero-order valence-electron chi connectivity index (χ0n) is 13.3. The molecule has 2 aromatic carbocycles. The molecule has 5 heteroatoms. The standard InChI is InChI=1S/C18H19BrClNO2/c1-18(2,3)12-8-9-16(13(19)10-12)23-11-17(22)21-15-7-5-4-6-14(15)20/h4-10H,11H2,1-3H3,(H,21,22). The first kappa shape index (κ1) is 17.8. The highest BCUT2D eigenvalue weighted by atomic mass is 79.9. The first-order valence-electron chi connectivity index (χ1n) is 7.24. The largest absolute Gasteiger partial charge is 0.483 e. The van der Waals surface area contributed by atoms with E-state index in [1.165, 1.54) is 5.56 Å². The fraction of sp³-hybridized carbons (Fsp3) is 0.278. The Morgan fingerprint density at radius 2 is 1.91 bits per heavy atom. The molecule has 3 nitrogen and oxygen atoms in total. The first-order chi connectivity index (χ1) is 10.8. The maximum Gasteiger partial charge on any atom is 0.262 e. The van der Waals surface area contributed by atoms with Crippen molar-refractivity contribution in [2.75, 3.05) is 11.9 Å². The van der Waals surface area contributed by atoms with Crippen LogP contribution in [0.1, 0.15) is 26.3 Å². The Bertz CT molecular complexity index is 710. The molecule has 2 rings (SSSR count). The summed E-state index contributed by atoms with van der Waals surface area (Å²) in [4.78, 5) is 12.0. The van der Waals surface area contributed by atoms with Crippen molar-refractivity contribution in [3.05, 3.63) is 57.5 Å². The lowest BCUT2D eigenvalue weighted by Crippen LogP contribution is -2.20. The summed E-state index contributed by atoms with van der Waals surface area (Å²) in [5.41, 5.74) is 1.82. The van der Waals surface area contributed by atoms with E-state index in [1.807, 2.05) is 30.3 Å². The average molecular weight is 397 g/mol. The third kappa shape index (κ3) is 4.98. The number of benzene rings is 2. The lowest BCUT2D eigenvalue weighted by molar-refractivity contribution is -0.118. The molecule has 1 N–H and O–H groups in total. The van der Waals surface area contributed by atoms with Crippen LogP contribution in [0.25, 0.3) is 0 Å². The van der Waals surface area contributed by atoms with E-state index in [9.17, 15) is 4.79 Å². The monoisotopic (exact) mass is 395 g/mol. The molecule has 0 aliphatic rings. The highest BCUT2D eigenvalue weighted by Crippen LogP contribution is 2.31. The first-order valence-corrected chi connectivity index (χ1v) is 8.41. The number of carbonyl (C=O) groups excluding carboxylic acids is 1. The number of anilines is 1. The van der Waals surface area contributed by atoms with Gasteiger partial charge in [0.05, 0.1) is 15.2 Å². The van der Waals surface area contributed by atoms with Crippen LogP contribution in [0, 0.1) is 0 Å². The molecule has 0 aliphatic heterocycles. The number of hydrogen-bond acceptors (Lipinski definition) is 2. The summed E-state index contributed by atoms with van der Waals surface area (Å²) in [6, 6.07) is 13.0. The molecule has 0 saturated carbocycles. The number of ether oxygens (including phenoxy) is 1. The van der Waals surface area contributed by atoms with Crippen LogP contribution in [-0.2, 0) is 10.2 Å². The normalized spacial score (nSPS) is 11.2. The molecule has 0 radical (unpaired) electrons. The lowest BCUT2D eigenvalue weighted by atomic mass is 9.87. The third-order valence-electron chi connectivity index (χ3n) is 3.30. The molecule has 2 aromatic rings. The van der Waals surface area contributed by atoms with E-state index >= 15 is 0 Å². The van der Waals surface area contributed by atoms with E-state index in [0.717, 1.165) is 4.47 Å². The predicted molar refractivity (Wildman–Crippen MR) is 98.4 cm³/mol. The van der Waals surface area contributed by atoms with Gasteiger partial charge < -0.3 is 10.1 Å². The fourth-order valence-corrected chi connectivity index (χ4v) is 2.65. The van der Waals surface area contributed by atoms with Crippen molar-refractivity contribution in [2.24, 2.45) is 0 Å². The molecular weight excluding hydrogens is 378 g/mol. The van der Waals surface area contributed by atoms with Crippen molar-refractivity contribution in [1.82, 2.24) is 0 Å². The van der Waals surface area contributed by atoms with E-state index in [1.54, 1.807) is 12.1 Å².